The van der Waals surface area contributed by atoms with E-state index in [0.717, 1.165) is 5.56 Å². The molecule has 116 valence electrons. The Kier molecular flexibility index (Phi) is 5.66. The van der Waals surface area contributed by atoms with Gasteiger partial charge < -0.3 is 10.2 Å². The van der Waals surface area contributed by atoms with Crippen LogP contribution in [0.4, 0.5) is 0 Å². The summed E-state index contributed by atoms with van der Waals surface area (Å²) in [6, 6.07) is 9.22. The van der Waals surface area contributed by atoms with Gasteiger partial charge in [0, 0.05) is 19.2 Å². The summed E-state index contributed by atoms with van der Waals surface area (Å²) in [5.41, 5.74) is 0.937. The second kappa shape index (κ2) is 7.70. The maximum atomic E-state index is 11.9. The number of hydrogen-bond donors (Lipinski definition) is 2. The first-order valence-electron chi connectivity index (χ1n) is 7.24. The molecule has 1 heterocycles. The second-order valence-electron chi connectivity index (χ2n) is 4.95. The number of nitrogens with one attached hydrogen (secondary N) is 2. The maximum Gasteiger partial charge on any atom is 0.250 e. The molecular formula is C16H19N3O2S. The Balaban J connectivity index is 1.94. The standard InChI is InChI=1S/C16H19N3O2S/c1-2-13-15(21)17-10-11-19(13)16(22)18-14(20)9-8-12-6-4-3-5-7-12/h3-9,13H,2,10-11H2,1H3,(H,17,21)(H,18,20,22)/b9-8+. The number of carbonyl (C=O) groups is 2. The first-order chi connectivity index (χ1) is 10.6. The van der Waals surface area contributed by atoms with Crippen LogP contribution in [0, 0.1) is 0 Å². The Bertz CT molecular complexity index is 586. The van der Waals surface area contributed by atoms with E-state index < -0.39 is 0 Å². The predicted molar refractivity (Wildman–Crippen MR) is 90.0 cm³/mol. The molecule has 6 heteroatoms. The second-order valence-corrected chi connectivity index (χ2v) is 5.33. The fourth-order valence-electron chi connectivity index (χ4n) is 2.32. The van der Waals surface area contributed by atoms with Crippen LogP contribution < -0.4 is 10.6 Å². The van der Waals surface area contributed by atoms with Crippen LogP contribution in [0.3, 0.4) is 0 Å². The average Bonchev–Trinajstić information content (AvgIpc) is 2.53. The first-order valence-corrected chi connectivity index (χ1v) is 7.65. The van der Waals surface area contributed by atoms with Crippen molar-refractivity contribution in [1.82, 2.24) is 15.5 Å². The summed E-state index contributed by atoms with van der Waals surface area (Å²) in [6.07, 6.45) is 3.80. The van der Waals surface area contributed by atoms with Gasteiger partial charge in [-0.15, -0.1) is 0 Å². The van der Waals surface area contributed by atoms with Crippen LogP contribution >= 0.6 is 12.2 Å². The summed E-state index contributed by atoms with van der Waals surface area (Å²) in [7, 11) is 0. The van der Waals surface area contributed by atoms with Crippen molar-refractivity contribution in [1.29, 1.82) is 0 Å². The summed E-state index contributed by atoms with van der Waals surface area (Å²) in [5, 5.41) is 5.75. The van der Waals surface area contributed by atoms with Crippen LogP contribution in [0.15, 0.2) is 36.4 Å². The highest BCUT2D eigenvalue weighted by atomic mass is 32.1. The Morgan fingerprint density at radius 2 is 2.18 bits per heavy atom. The van der Waals surface area contributed by atoms with Gasteiger partial charge in [-0.05, 0) is 30.3 Å². The van der Waals surface area contributed by atoms with E-state index in [2.05, 4.69) is 10.6 Å². The van der Waals surface area contributed by atoms with Crippen molar-refractivity contribution in [2.45, 2.75) is 19.4 Å². The third-order valence-electron chi connectivity index (χ3n) is 3.44. The lowest BCUT2D eigenvalue weighted by Gasteiger charge is -2.36. The third kappa shape index (κ3) is 4.14. The lowest BCUT2D eigenvalue weighted by atomic mass is 10.1. The van der Waals surface area contributed by atoms with E-state index in [1.807, 2.05) is 37.3 Å². The van der Waals surface area contributed by atoms with Gasteiger partial charge in [0.05, 0.1) is 0 Å². The van der Waals surface area contributed by atoms with Crippen molar-refractivity contribution >= 4 is 35.2 Å². The van der Waals surface area contributed by atoms with Crippen molar-refractivity contribution in [3.63, 3.8) is 0 Å². The van der Waals surface area contributed by atoms with Gasteiger partial charge in [-0.2, -0.15) is 0 Å². The predicted octanol–water partition coefficient (Wildman–Crippen LogP) is 1.31. The molecule has 0 bridgehead atoms. The van der Waals surface area contributed by atoms with Crippen molar-refractivity contribution in [2.75, 3.05) is 13.1 Å². The topological polar surface area (TPSA) is 61.4 Å². The normalized spacial score (nSPS) is 18.1. The maximum absolute atomic E-state index is 11.9. The zero-order chi connectivity index (χ0) is 15.9. The van der Waals surface area contributed by atoms with E-state index in [4.69, 9.17) is 12.2 Å². The minimum Gasteiger partial charge on any atom is -0.353 e. The van der Waals surface area contributed by atoms with E-state index in [0.29, 0.717) is 24.6 Å². The highest BCUT2D eigenvalue weighted by Gasteiger charge is 2.29. The highest BCUT2D eigenvalue weighted by molar-refractivity contribution is 7.80. The van der Waals surface area contributed by atoms with Gasteiger partial charge in [0.1, 0.15) is 6.04 Å². The number of amides is 2. The van der Waals surface area contributed by atoms with Crippen LogP contribution in [0.1, 0.15) is 18.9 Å². The Hall–Kier alpha value is -2.21. The molecule has 0 aromatic heterocycles. The fraction of sp³-hybridized carbons (Fsp3) is 0.312. The molecule has 2 N–H and O–H groups in total. The minimum absolute atomic E-state index is 0.0508. The molecule has 1 saturated heterocycles. The number of carbonyl (C=O) groups excluding carboxylic acids is 2. The third-order valence-corrected chi connectivity index (χ3v) is 3.77. The lowest BCUT2D eigenvalue weighted by Crippen LogP contribution is -2.59. The highest BCUT2D eigenvalue weighted by Crippen LogP contribution is 2.09. The summed E-state index contributed by atoms with van der Waals surface area (Å²) >= 11 is 5.26. The molecule has 1 aliphatic heterocycles. The molecule has 0 spiro atoms. The molecule has 22 heavy (non-hydrogen) atoms. The quantitative estimate of drug-likeness (QED) is 0.652. The number of hydrogen-bond acceptors (Lipinski definition) is 3. The van der Waals surface area contributed by atoms with Crippen molar-refractivity contribution in [3.05, 3.63) is 42.0 Å². The van der Waals surface area contributed by atoms with Crippen LogP contribution in [0.2, 0.25) is 0 Å². The first kappa shape index (κ1) is 16.2. The molecule has 1 aromatic carbocycles. The molecular weight excluding hydrogens is 298 g/mol. The summed E-state index contributed by atoms with van der Waals surface area (Å²) in [6.45, 7) is 3.05. The average molecular weight is 317 g/mol. The van der Waals surface area contributed by atoms with Crippen LogP contribution in [-0.4, -0.2) is 41.0 Å². The van der Waals surface area contributed by atoms with Gasteiger partial charge in [-0.3, -0.25) is 14.9 Å². The van der Waals surface area contributed by atoms with Crippen molar-refractivity contribution in [2.24, 2.45) is 0 Å². The van der Waals surface area contributed by atoms with Gasteiger partial charge in [0.15, 0.2) is 5.11 Å². The van der Waals surface area contributed by atoms with Gasteiger partial charge in [-0.1, -0.05) is 37.3 Å². The summed E-state index contributed by atoms with van der Waals surface area (Å²) in [4.78, 5) is 25.5. The molecule has 0 aliphatic carbocycles. The van der Waals surface area contributed by atoms with Gasteiger partial charge in [0.25, 0.3) is 0 Å². The number of piperazine rings is 1. The molecule has 2 amide bonds. The van der Waals surface area contributed by atoms with Crippen molar-refractivity contribution in [3.8, 4) is 0 Å². The van der Waals surface area contributed by atoms with Gasteiger partial charge in [0.2, 0.25) is 11.8 Å². The largest absolute Gasteiger partial charge is 0.353 e. The molecule has 5 nitrogen and oxygen atoms in total. The van der Waals surface area contributed by atoms with E-state index in [1.165, 1.54) is 6.08 Å². The molecule has 1 aliphatic rings. The molecule has 1 aromatic rings. The van der Waals surface area contributed by atoms with E-state index in [1.54, 1.807) is 11.0 Å². The molecule has 0 saturated carbocycles. The number of rotatable bonds is 3. The van der Waals surface area contributed by atoms with E-state index in [-0.39, 0.29) is 17.9 Å². The summed E-state index contributed by atoms with van der Waals surface area (Å²) in [5.74, 6) is -0.347. The van der Waals surface area contributed by atoms with Crippen molar-refractivity contribution < 1.29 is 9.59 Å². The molecule has 1 fully saturated rings. The Morgan fingerprint density at radius 3 is 2.86 bits per heavy atom. The molecule has 2 rings (SSSR count). The van der Waals surface area contributed by atoms with Crippen LogP contribution in [0.5, 0.6) is 0 Å². The molecule has 0 radical (unpaired) electrons. The van der Waals surface area contributed by atoms with Gasteiger partial charge in [-0.25, -0.2) is 0 Å². The van der Waals surface area contributed by atoms with Crippen LogP contribution in [-0.2, 0) is 9.59 Å². The lowest BCUT2D eigenvalue weighted by molar-refractivity contribution is -0.127. The number of benzene rings is 1. The zero-order valence-corrected chi connectivity index (χ0v) is 13.2. The Labute approximate surface area is 135 Å². The van der Waals surface area contributed by atoms with Gasteiger partial charge >= 0.3 is 0 Å². The smallest absolute Gasteiger partial charge is 0.250 e. The Morgan fingerprint density at radius 1 is 1.45 bits per heavy atom. The molecule has 1 atom stereocenters. The summed E-state index contributed by atoms with van der Waals surface area (Å²) < 4.78 is 0. The van der Waals surface area contributed by atoms with Crippen LogP contribution in [0.25, 0.3) is 6.08 Å². The number of nitrogens with zero attached hydrogens (tertiary/aromatic N) is 1. The van der Waals surface area contributed by atoms with E-state index >= 15 is 0 Å². The monoisotopic (exact) mass is 317 g/mol. The fourth-order valence-corrected chi connectivity index (χ4v) is 2.64. The minimum atomic E-state index is -0.320. The number of thiocarbonyl (C=S) groups is 1. The SMILES string of the molecule is CCC1C(=O)NCCN1C(=S)NC(=O)/C=C/c1ccccc1. The van der Waals surface area contributed by atoms with E-state index in [9.17, 15) is 9.59 Å². The molecule has 1 unspecified atom stereocenters. The zero-order valence-electron chi connectivity index (χ0n) is 12.4.